The van der Waals surface area contributed by atoms with Gasteiger partial charge in [-0.3, -0.25) is 14.5 Å². The first-order chi connectivity index (χ1) is 15.9. The van der Waals surface area contributed by atoms with E-state index in [2.05, 4.69) is 32.1 Å². The molecule has 1 atom stereocenters. The first-order valence-corrected chi connectivity index (χ1v) is 12.2. The van der Waals surface area contributed by atoms with Crippen molar-refractivity contribution in [3.05, 3.63) is 84.2 Å². The van der Waals surface area contributed by atoms with Crippen molar-refractivity contribution in [1.29, 1.82) is 0 Å². The van der Waals surface area contributed by atoms with Gasteiger partial charge in [0.15, 0.2) is 0 Å². The van der Waals surface area contributed by atoms with Crippen molar-refractivity contribution in [2.75, 3.05) is 35.9 Å². The third-order valence-corrected chi connectivity index (χ3v) is 6.87. The average molecular weight is 467 g/mol. The Bertz CT molecular complexity index is 1180. The quantitative estimate of drug-likeness (QED) is 0.555. The Hall–Kier alpha value is -3.43. The van der Waals surface area contributed by atoms with Gasteiger partial charge in [-0.1, -0.05) is 12.1 Å². The number of benzene rings is 2. The lowest BCUT2D eigenvalue weighted by Gasteiger charge is -2.29. The van der Waals surface area contributed by atoms with Gasteiger partial charge in [-0.15, -0.1) is 0 Å². The van der Waals surface area contributed by atoms with E-state index in [0.717, 1.165) is 37.6 Å². The largest absolute Gasteiger partial charge is 0.378 e. The van der Waals surface area contributed by atoms with E-state index in [0.29, 0.717) is 11.3 Å². The fourth-order valence-corrected chi connectivity index (χ4v) is 4.64. The van der Waals surface area contributed by atoms with Gasteiger partial charge in [0.05, 0.1) is 29.8 Å². The van der Waals surface area contributed by atoms with Gasteiger partial charge in [0.2, 0.25) is 0 Å². The van der Waals surface area contributed by atoms with E-state index in [1.165, 1.54) is 36.7 Å². The molecule has 172 valence electrons. The number of anilines is 2. The van der Waals surface area contributed by atoms with Crippen molar-refractivity contribution in [2.24, 2.45) is 0 Å². The molecule has 0 saturated carbocycles. The van der Waals surface area contributed by atoms with Gasteiger partial charge < -0.3 is 15.0 Å². The lowest BCUT2D eigenvalue weighted by molar-refractivity contribution is 0.0939. The van der Waals surface area contributed by atoms with Gasteiger partial charge in [0, 0.05) is 36.7 Å². The molecule has 1 aromatic heterocycles. The number of morpholine rings is 1. The molecular formula is C24H26N4O4S. The topological polar surface area (TPSA) is 101 Å². The third-order valence-electron chi connectivity index (χ3n) is 5.48. The van der Waals surface area contributed by atoms with Gasteiger partial charge in [0.25, 0.3) is 15.9 Å². The van der Waals surface area contributed by atoms with E-state index in [-0.39, 0.29) is 16.8 Å². The number of carbonyl (C=O) groups is 1. The first kappa shape index (κ1) is 22.8. The second-order valence-corrected chi connectivity index (χ2v) is 9.43. The lowest BCUT2D eigenvalue weighted by Crippen LogP contribution is -2.36. The number of pyridine rings is 1. The van der Waals surface area contributed by atoms with Crippen LogP contribution >= 0.6 is 0 Å². The number of nitrogens with zero attached hydrogens (tertiary/aromatic N) is 2. The zero-order valence-corrected chi connectivity index (χ0v) is 19.1. The highest BCUT2D eigenvalue weighted by Crippen LogP contribution is 2.21. The molecule has 1 aliphatic rings. The van der Waals surface area contributed by atoms with Crippen LogP contribution in [0, 0.1) is 0 Å². The summed E-state index contributed by atoms with van der Waals surface area (Å²) in [5, 5.41) is 2.96. The molecule has 2 N–H and O–H groups in total. The number of carbonyl (C=O) groups excluding carboxylic acids is 1. The van der Waals surface area contributed by atoms with Crippen molar-refractivity contribution in [2.45, 2.75) is 17.9 Å². The molecule has 1 amide bonds. The normalized spacial score (nSPS) is 15.0. The molecule has 4 rings (SSSR count). The molecule has 1 fully saturated rings. The molecule has 8 nitrogen and oxygen atoms in total. The molecule has 2 heterocycles. The summed E-state index contributed by atoms with van der Waals surface area (Å²) in [4.78, 5) is 18.9. The molecule has 33 heavy (non-hydrogen) atoms. The average Bonchev–Trinajstić information content (AvgIpc) is 2.85. The van der Waals surface area contributed by atoms with Crippen LogP contribution in [-0.2, 0) is 14.8 Å². The van der Waals surface area contributed by atoms with Crippen LogP contribution in [0.5, 0.6) is 0 Å². The Morgan fingerprint density at radius 2 is 1.61 bits per heavy atom. The van der Waals surface area contributed by atoms with E-state index in [1.807, 2.05) is 19.1 Å². The summed E-state index contributed by atoms with van der Waals surface area (Å²) < 4.78 is 33.0. The van der Waals surface area contributed by atoms with Crippen LogP contribution in [0.2, 0.25) is 0 Å². The first-order valence-electron chi connectivity index (χ1n) is 10.7. The zero-order chi connectivity index (χ0) is 23.3. The minimum Gasteiger partial charge on any atom is -0.378 e. The molecule has 0 bridgehead atoms. The van der Waals surface area contributed by atoms with Crippen molar-refractivity contribution >= 4 is 27.3 Å². The minimum absolute atomic E-state index is 0.0719. The van der Waals surface area contributed by atoms with Gasteiger partial charge >= 0.3 is 0 Å². The standard InChI is InChI=1S/C24H26N4O4S/c1-18(19-2-6-22(7-3-19)28-14-16-32-17-15-28)26-24(29)20-4-8-23(9-5-20)33(30,31)27-21-10-12-25-13-11-21/h2-13,18H,14-17H2,1H3,(H,25,27)(H,26,29). The maximum absolute atomic E-state index is 12.7. The Morgan fingerprint density at radius 3 is 2.24 bits per heavy atom. The Kier molecular flexibility index (Phi) is 6.90. The molecule has 1 saturated heterocycles. The van der Waals surface area contributed by atoms with Gasteiger partial charge in [-0.25, -0.2) is 8.42 Å². The minimum atomic E-state index is -3.76. The molecule has 0 radical (unpaired) electrons. The number of hydrogen-bond acceptors (Lipinski definition) is 6. The molecule has 0 spiro atoms. The molecule has 2 aromatic carbocycles. The number of amides is 1. The summed E-state index contributed by atoms with van der Waals surface area (Å²) in [6.45, 7) is 5.12. The van der Waals surface area contributed by atoms with Crippen molar-refractivity contribution < 1.29 is 17.9 Å². The number of hydrogen-bond donors (Lipinski definition) is 2. The second kappa shape index (κ2) is 10.0. The van der Waals surface area contributed by atoms with E-state index < -0.39 is 10.0 Å². The second-order valence-electron chi connectivity index (χ2n) is 7.75. The maximum Gasteiger partial charge on any atom is 0.261 e. The molecule has 0 aliphatic carbocycles. The Balaban J connectivity index is 1.38. The number of ether oxygens (including phenoxy) is 1. The Labute approximate surface area is 193 Å². The third kappa shape index (κ3) is 5.68. The predicted molar refractivity (Wildman–Crippen MR) is 127 cm³/mol. The van der Waals surface area contributed by atoms with Crippen LogP contribution in [-0.4, -0.2) is 45.6 Å². The Morgan fingerprint density at radius 1 is 0.970 bits per heavy atom. The van der Waals surface area contributed by atoms with Crippen molar-refractivity contribution in [3.8, 4) is 0 Å². The van der Waals surface area contributed by atoms with E-state index >= 15 is 0 Å². The summed E-state index contributed by atoms with van der Waals surface area (Å²) in [6.07, 6.45) is 3.01. The fourth-order valence-electron chi connectivity index (χ4n) is 3.58. The highest BCUT2D eigenvalue weighted by molar-refractivity contribution is 7.92. The van der Waals surface area contributed by atoms with Crippen LogP contribution in [0.1, 0.15) is 28.9 Å². The highest BCUT2D eigenvalue weighted by atomic mass is 32.2. The van der Waals surface area contributed by atoms with E-state index in [1.54, 1.807) is 12.1 Å². The van der Waals surface area contributed by atoms with Crippen molar-refractivity contribution in [1.82, 2.24) is 10.3 Å². The summed E-state index contributed by atoms with van der Waals surface area (Å²) in [5.74, 6) is -0.272. The summed E-state index contributed by atoms with van der Waals surface area (Å²) in [6, 6.07) is 16.9. The summed E-state index contributed by atoms with van der Waals surface area (Å²) >= 11 is 0. The number of nitrogens with one attached hydrogen (secondary N) is 2. The maximum atomic E-state index is 12.7. The van der Waals surface area contributed by atoms with Gasteiger partial charge in [-0.05, 0) is 61.0 Å². The predicted octanol–water partition coefficient (Wildman–Crippen LogP) is 3.21. The van der Waals surface area contributed by atoms with Crippen LogP contribution in [0.3, 0.4) is 0 Å². The fraction of sp³-hybridized carbons (Fsp3) is 0.250. The lowest BCUT2D eigenvalue weighted by atomic mass is 10.1. The van der Waals surface area contributed by atoms with Crippen molar-refractivity contribution in [3.63, 3.8) is 0 Å². The monoisotopic (exact) mass is 466 g/mol. The molecular weight excluding hydrogens is 440 g/mol. The highest BCUT2D eigenvalue weighted by Gasteiger charge is 2.17. The van der Waals surface area contributed by atoms with Crippen LogP contribution in [0.15, 0.2) is 78.0 Å². The number of sulfonamides is 1. The van der Waals surface area contributed by atoms with Crippen LogP contribution < -0.4 is 14.9 Å². The SMILES string of the molecule is CC(NC(=O)c1ccc(S(=O)(=O)Nc2ccncc2)cc1)c1ccc(N2CCOCC2)cc1. The van der Waals surface area contributed by atoms with E-state index in [9.17, 15) is 13.2 Å². The van der Waals surface area contributed by atoms with Crippen LogP contribution in [0.4, 0.5) is 11.4 Å². The summed E-state index contributed by atoms with van der Waals surface area (Å²) in [7, 11) is -3.76. The number of aromatic nitrogens is 1. The number of rotatable bonds is 7. The summed E-state index contributed by atoms with van der Waals surface area (Å²) in [5.41, 5.74) is 2.92. The van der Waals surface area contributed by atoms with Crippen LogP contribution in [0.25, 0.3) is 0 Å². The molecule has 3 aromatic rings. The molecule has 1 aliphatic heterocycles. The zero-order valence-electron chi connectivity index (χ0n) is 18.3. The molecule has 1 unspecified atom stereocenters. The van der Waals surface area contributed by atoms with Gasteiger partial charge in [0.1, 0.15) is 0 Å². The van der Waals surface area contributed by atoms with Gasteiger partial charge in [-0.2, -0.15) is 0 Å². The van der Waals surface area contributed by atoms with E-state index in [4.69, 9.17) is 4.74 Å². The molecule has 9 heteroatoms. The smallest absolute Gasteiger partial charge is 0.261 e.